The van der Waals surface area contributed by atoms with E-state index in [0.29, 0.717) is 10.7 Å². The Balaban J connectivity index is 2.46. The van der Waals surface area contributed by atoms with Gasteiger partial charge < -0.3 is 5.11 Å². The molecule has 0 aliphatic rings. The van der Waals surface area contributed by atoms with Gasteiger partial charge in [0.25, 0.3) is 0 Å². The van der Waals surface area contributed by atoms with Gasteiger partial charge in [-0.05, 0) is 30.7 Å². The van der Waals surface area contributed by atoms with Crippen molar-refractivity contribution in [2.45, 2.75) is 6.92 Å². The Kier molecular flexibility index (Phi) is 2.62. The van der Waals surface area contributed by atoms with E-state index in [1.54, 1.807) is 18.2 Å². The number of aromatic carboxylic acids is 1. The van der Waals surface area contributed by atoms with Crippen molar-refractivity contribution < 1.29 is 9.90 Å². The molecule has 0 saturated carbocycles. The minimum absolute atomic E-state index is 0.0886. The molecule has 0 unspecified atom stereocenters. The van der Waals surface area contributed by atoms with Gasteiger partial charge in [-0.15, -0.1) is 5.10 Å². The largest absolute Gasteiger partial charge is 0.476 e. The van der Waals surface area contributed by atoms with Crippen molar-refractivity contribution in [3.05, 3.63) is 40.7 Å². The normalized spacial score (nSPS) is 10.4. The van der Waals surface area contributed by atoms with Crippen LogP contribution in [0.15, 0.2) is 24.4 Å². The van der Waals surface area contributed by atoms with Crippen LogP contribution in [-0.2, 0) is 0 Å². The highest BCUT2D eigenvalue weighted by Crippen LogP contribution is 2.17. The van der Waals surface area contributed by atoms with Gasteiger partial charge in [-0.2, -0.15) is 9.90 Å². The minimum Gasteiger partial charge on any atom is -0.476 e. The fourth-order valence-electron chi connectivity index (χ4n) is 1.32. The SMILES string of the molecule is Cc1cc(Cl)ccc1-n1ncc(C(=O)O)n1. The molecule has 5 nitrogen and oxygen atoms in total. The number of carbonyl (C=O) groups is 1. The summed E-state index contributed by atoms with van der Waals surface area (Å²) in [6, 6.07) is 5.21. The monoisotopic (exact) mass is 237 g/mol. The number of hydrogen-bond donors (Lipinski definition) is 1. The quantitative estimate of drug-likeness (QED) is 0.867. The minimum atomic E-state index is -1.10. The van der Waals surface area contributed by atoms with Crippen LogP contribution in [0.4, 0.5) is 0 Å². The molecule has 2 aromatic rings. The maximum atomic E-state index is 10.6. The zero-order valence-corrected chi connectivity index (χ0v) is 9.14. The van der Waals surface area contributed by atoms with Crippen molar-refractivity contribution in [2.24, 2.45) is 0 Å². The molecule has 6 heteroatoms. The summed E-state index contributed by atoms with van der Waals surface area (Å²) in [5.41, 5.74) is 1.49. The van der Waals surface area contributed by atoms with E-state index in [9.17, 15) is 4.79 Å². The molecule has 1 N–H and O–H groups in total. The summed E-state index contributed by atoms with van der Waals surface area (Å²) in [4.78, 5) is 11.9. The third kappa shape index (κ3) is 1.90. The highest BCUT2D eigenvalue weighted by molar-refractivity contribution is 6.30. The van der Waals surface area contributed by atoms with E-state index < -0.39 is 5.97 Å². The molecule has 0 fully saturated rings. The molecule has 0 aliphatic heterocycles. The number of carboxylic acid groups (broad SMARTS) is 1. The maximum Gasteiger partial charge on any atom is 0.358 e. The number of benzene rings is 1. The summed E-state index contributed by atoms with van der Waals surface area (Å²) in [5, 5.41) is 17.1. The highest BCUT2D eigenvalue weighted by atomic mass is 35.5. The topological polar surface area (TPSA) is 68.0 Å². The van der Waals surface area contributed by atoms with Crippen molar-refractivity contribution in [3.8, 4) is 5.69 Å². The molecule has 0 aliphatic carbocycles. The Morgan fingerprint density at radius 1 is 1.50 bits per heavy atom. The Bertz CT molecular complexity index is 551. The van der Waals surface area contributed by atoms with Crippen LogP contribution >= 0.6 is 11.6 Å². The van der Waals surface area contributed by atoms with Crippen LogP contribution in [0, 0.1) is 6.92 Å². The van der Waals surface area contributed by atoms with Gasteiger partial charge in [0.2, 0.25) is 0 Å². The summed E-state index contributed by atoms with van der Waals surface area (Å²) in [5.74, 6) is -1.10. The van der Waals surface area contributed by atoms with Crippen molar-refractivity contribution in [1.29, 1.82) is 0 Å². The molecule has 1 heterocycles. The van der Waals surface area contributed by atoms with Crippen molar-refractivity contribution in [1.82, 2.24) is 15.0 Å². The van der Waals surface area contributed by atoms with Crippen LogP contribution < -0.4 is 0 Å². The van der Waals surface area contributed by atoms with Gasteiger partial charge in [0, 0.05) is 5.02 Å². The smallest absolute Gasteiger partial charge is 0.358 e. The van der Waals surface area contributed by atoms with Gasteiger partial charge in [-0.1, -0.05) is 11.6 Å². The number of carboxylic acids is 1. The van der Waals surface area contributed by atoms with E-state index in [0.717, 1.165) is 5.56 Å². The molecule has 0 spiro atoms. The fourth-order valence-corrected chi connectivity index (χ4v) is 1.55. The highest BCUT2D eigenvalue weighted by Gasteiger charge is 2.10. The standard InChI is InChI=1S/C10H8ClN3O2/c1-6-4-7(11)2-3-9(6)14-12-5-8(13-14)10(15)16/h2-5H,1H3,(H,15,16). The molecule has 0 saturated heterocycles. The number of rotatable bonds is 2. The average molecular weight is 238 g/mol. The van der Waals surface area contributed by atoms with E-state index in [4.69, 9.17) is 16.7 Å². The lowest BCUT2D eigenvalue weighted by Crippen LogP contribution is -2.03. The Labute approximate surface area is 96.3 Å². The lowest BCUT2D eigenvalue weighted by atomic mass is 10.2. The summed E-state index contributed by atoms with van der Waals surface area (Å²) < 4.78 is 0. The number of halogens is 1. The molecule has 16 heavy (non-hydrogen) atoms. The van der Waals surface area contributed by atoms with Gasteiger partial charge in [0.15, 0.2) is 5.69 Å². The second-order valence-corrected chi connectivity index (χ2v) is 3.69. The zero-order valence-electron chi connectivity index (χ0n) is 8.38. The predicted octanol–water partition coefficient (Wildman–Crippen LogP) is 1.93. The molecule has 0 atom stereocenters. The molecule has 0 amide bonds. The predicted molar refractivity (Wildman–Crippen MR) is 58.1 cm³/mol. The lowest BCUT2D eigenvalue weighted by molar-refractivity contribution is 0.0690. The second-order valence-electron chi connectivity index (χ2n) is 3.26. The molecule has 0 bridgehead atoms. The first-order chi connectivity index (χ1) is 7.58. The third-order valence-electron chi connectivity index (χ3n) is 2.09. The molecule has 82 valence electrons. The first-order valence-electron chi connectivity index (χ1n) is 4.50. The van der Waals surface area contributed by atoms with Crippen LogP contribution in [0.2, 0.25) is 5.02 Å². The van der Waals surface area contributed by atoms with Gasteiger partial charge in [0.1, 0.15) is 0 Å². The van der Waals surface area contributed by atoms with Crippen LogP contribution in [-0.4, -0.2) is 26.1 Å². The average Bonchev–Trinajstić information content (AvgIpc) is 2.66. The molecular formula is C10H8ClN3O2. The van der Waals surface area contributed by atoms with Gasteiger partial charge in [0.05, 0.1) is 11.9 Å². The first-order valence-corrected chi connectivity index (χ1v) is 4.88. The van der Waals surface area contributed by atoms with E-state index in [-0.39, 0.29) is 5.69 Å². The third-order valence-corrected chi connectivity index (χ3v) is 2.32. The molecule has 0 radical (unpaired) electrons. The van der Waals surface area contributed by atoms with Crippen LogP contribution in [0.3, 0.4) is 0 Å². The van der Waals surface area contributed by atoms with E-state index in [1.165, 1.54) is 11.0 Å². The first kappa shape index (κ1) is 10.6. The van der Waals surface area contributed by atoms with E-state index in [2.05, 4.69) is 10.2 Å². The van der Waals surface area contributed by atoms with Crippen molar-refractivity contribution in [3.63, 3.8) is 0 Å². The van der Waals surface area contributed by atoms with Crippen LogP contribution in [0.5, 0.6) is 0 Å². The van der Waals surface area contributed by atoms with Crippen LogP contribution in [0.25, 0.3) is 5.69 Å². The van der Waals surface area contributed by atoms with E-state index >= 15 is 0 Å². The molecular weight excluding hydrogens is 230 g/mol. The second kappa shape index (κ2) is 3.94. The fraction of sp³-hybridized carbons (Fsp3) is 0.100. The Morgan fingerprint density at radius 3 is 2.81 bits per heavy atom. The van der Waals surface area contributed by atoms with Crippen molar-refractivity contribution in [2.75, 3.05) is 0 Å². The zero-order chi connectivity index (χ0) is 11.7. The number of hydrogen-bond acceptors (Lipinski definition) is 3. The molecule has 1 aromatic heterocycles. The number of aryl methyl sites for hydroxylation is 1. The molecule has 1 aromatic carbocycles. The van der Waals surface area contributed by atoms with Crippen molar-refractivity contribution >= 4 is 17.6 Å². The summed E-state index contributed by atoms with van der Waals surface area (Å²) in [6.45, 7) is 1.85. The van der Waals surface area contributed by atoms with Gasteiger partial charge in [-0.3, -0.25) is 0 Å². The van der Waals surface area contributed by atoms with E-state index in [1.807, 2.05) is 6.92 Å². The van der Waals surface area contributed by atoms with Gasteiger partial charge >= 0.3 is 5.97 Å². The number of aromatic nitrogens is 3. The number of nitrogens with zero attached hydrogens (tertiary/aromatic N) is 3. The summed E-state index contributed by atoms with van der Waals surface area (Å²) >= 11 is 5.82. The van der Waals surface area contributed by atoms with Crippen LogP contribution in [0.1, 0.15) is 16.1 Å². The summed E-state index contributed by atoms with van der Waals surface area (Å²) in [7, 11) is 0. The molecule has 2 rings (SSSR count). The summed E-state index contributed by atoms with van der Waals surface area (Å²) in [6.07, 6.45) is 1.20. The lowest BCUT2D eigenvalue weighted by Gasteiger charge is -2.03. The maximum absolute atomic E-state index is 10.6. The Hall–Kier alpha value is -1.88. The Morgan fingerprint density at radius 2 is 2.25 bits per heavy atom. The van der Waals surface area contributed by atoms with Gasteiger partial charge in [-0.25, -0.2) is 4.79 Å².